The van der Waals surface area contributed by atoms with Crippen molar-refractivity contribution in [2.45, 2.75) is 38.1 Å². The van der Waals surface area contributed by atoms with E-state index in [1.54, 1.807) is 6.20 Å². The largest absolute Gasteiger partial charge is 0.396 e. The van der Waals surface area contributed by atoms with Gasteiger partial charge in [0.1, 0.15) is 11.5 Å². The minimum Gasteiger partial charge on any atom is -0.396 e. The molecule has 2 aliphatic heterocycles. The van der Waals surface area contributed by atoms with Crippen LogP contribution < -0.4 is 11.5 Å². The SMILES string of the molecule is NC1=NC=CN(CC2CC(N3CCCCC3)C2)/C1=C(\N)c1ccc2ccc(-c3ccccc3)nc2c1. The van der Waals surface area contributed by atoms with Crippen LogP contribution in [0.5, 0.6) is 0 Å². The Hall–Kier alpha value is -3.64. The van der Waals surface area contributed by atoms with Crippen molar-refractivity contribution in [1.29, 1.82) is 0 Å². The molecule has 0 radical (unpaired) electrons. The van der Waals surface area contributed by atoms with E-state index in [4.69, 9.17) is 16.5 Å². The van der Waals surface area contributed by atoms with Gasteiger partial charge in [-0.2, -0.15) is 0 Å². The molecule has 184 valence electrons. The second kappa shape index (κ2) is 9.78. The number of pyridine rings is 1. The third-order valence-corrected chi connectivity index (χ3v) is 7.89. The highest BCUT2D eigenvalue weighted by molar-refractivity contribution is 6.04. The quantitative estimate of drug-likeness (QED) is 0.543. The summed E-state index contributed by atoms with van der Waals surface area (Å²) in [5, 5.41) is 1.08. The molecule has 2 fully saturated rings. The Bertz CT molecular complexity index is 1330. The molecule has 3 heterocycles. The normalized spacial score (nSPS) is 23.9. The summed E-state index contributed by atoms with van der Waals surface area (Å²) in [4.78, 5) is 14.2. The highest BCUT2D eigenvalue weighted by atomic mass is 15.2. The second-order valence-corrected chi connectivity index (χ2v) is 10.3. The van der Waals surface area contributed by atoms with E-state index in [0.29, 0.717) is 17.5 Å². The summed E-state index contributed by atoms with van der Waals surface area (Å²) in [6.07, 6.45) is 10.4. The first-order valence-electron chi connectivity index (χ1n) is 13.1. The van der Waals surface area contributed by atoms with E-state index >= 15 is 0 Å². The molecule has 6 heteroatoms. The topological polar surface area (TPSA) is 83.8 Å². The van der Waals surface area contributed by atoms with Crippen LogP contribution in [0.25, 0.3) is 27.9 Å². The zero-order chi connectivity index (χ0) is 24.5. The first-order chi connectivity index (χ1) is 17.7. The molecule has 0 bridgehead atoms. The summed E-state index contributed by atoms with van der Waals surface area (Å²) >= 11 is 0. The molecule has 6 rings (SSSR count). The van der Waals surface area contributed by atoms with Gasteiger partial charge in [0.25, 0.3) is 0 Å². The van der Waals surface area contributed by atoms with Gasteiger partial charge in [0.2, 0.25) is 0 Å². The molecule has 1 aromatic heterocycles. The lowest BCUT2D eigenvalue weighted by molar-refractivity contribution is 0.0543. The summed E-state index contributed by atoms with van der Waals surface area (Å²) in [6.45, 7) is 3.44. The van der Waals surface area contributed by atoms with Crippen LogP contribution in [0.4, 0.5) is 0 Å². The number of nitrogens with two attached hydrogens (primary N) is 2. The molecule has 6 nitrogen and oxygen atoms in total. The molecule has 0 atom stereocenters. The van der Waals surface area contributed by atoms with Crippen LogP contribution in [0.15, 0.2) is 83.8 Å². The predicted octanol–water partition coefficient (Wildman–Crippen LogP) is 4.94. The first-order valence-corrected chi connectivity index (χ1v) is 13.1. The Balaban J connectivity index is 1.24. The monoisotopic (exact) mass is 478 g/mol. The molecule has 3 aromatic rings. The van der Waals surface area contributed by atoms with Crippen LogP contribution in [0.2, 0.25) is 0 Å². The number of rotatable bonds is 5. The van der Waals surface area contributed by atoms with Crippen molar-refractivity contribution < 1.29 is 0 Å². The number of piperidine rings is 1. The third-order valence-electron chi connectivity index (χ3n) is 7.89. The first kappa shape index (κ1) is 22.8. The van der Waals surface area contributed by atoms with Gasteiger partial charge in [-0.3, -0.25) is 0 Å². The molecule has 36 heavy (non-hydrogen) atoms. The smallest absolute Gasteiger partial charge is 0.149 e. The fraction of sp³-hybridized carbons (Fsp3) is 0.333. The van der Waals surface area contributed by atoms with Crippen molar-refractivity contribution in [2.24, 2.45) is 22.4 Å². The van der Waals surface area contributed by atoms with Crippen LogP contribution in [-0.2, 0) is 0 Å². The lowest BCUT2D eigenvalue weighted by Crippen LogP contribution is -2.49. The predicted molar refractivity (Wildman–Crippen MR) is 148 cm³/mol. The van der Waals surface area contributed by atoms with Gasteiger partial charge >= 0.3 is 0 Å². The Morgan fingerprint density at radius 1 is 0.944 bits per heavy atom. The van der Waals surface area contributed by atoms with Gasteiger partial charge in [0.05, 0.1) is 16.9 Å². The molecular formula is C30H34N6. The van der Waals surface area contributed by atoms with Gasteiger partial charge in [0, 0.05) is 41.5 Å². The van der Waals surface area contributed by atoms with E-state index in [-0.39, 0.29) is 0 Å². The van der Waals surface area contributed by atoms with E-state index in [1.165, 1.54) is 45.2 Å². The number of likely N-dealkylation sites (tertiary alicyclic amines) is 1. The fourth-order valence-corrected chi connectivity index (χ4v) is 5.82. The van der Waals surface area contributed by atoms with Crippen molar-refractivity contribution in [3.8, 4) is 11.3 Å². The summed E-state index contributed by atoms with van der Waals surface area (Å²) in [5.41, 5.74) is 18.5. The Kier molecular flexibility index (Phi) is 6.20. The van der Waals surface area contributed by atoms with Crippen molar-refractivity contribution in [3.63, 3.8) is 0 Å². The van der Waals surface area contributed by atoms with E-state index < -0.39 is 0 Å². The van der Waals surface area contributed by atoms with Gasteiger partial charge in [-0.1, -0.05) is 55.0 Å². The Morgan fingerprint density at radius 3 is 2.53 bits per heavy atom. The number of aliphatic imine (C=N–C) groups is 1. The maximum atomic E-state index is 6.78. The Morgan fingerprint density at radius 2 is 1.72 bits per heavy atom. The maximum Gasteiger partial charge on any atom is 0.149 e. The average Bonchev–Trinajstić information content (AvgIpc) is 2.90. The summed E-state index contributed by atoms with van der Waals surface area (Å²) in [6, 6.07) is 21.3. The standard InChI is InChI=1S/C30H34N6/c31-28(24-10-9-23-11-12-26(34-27(23)19-24)22-7-3-1-4-8-22)29-30(32)33-13-16-36(29)20-21-17-25(18-21)35-14-5-2-6-15-35/h1,3-4,7-13,16,19,21,25H,2,5-6,14-15,17-18,20,31H2,(H2,32,33)/b29-28-. The molecule has 1 saturated carbocycles. The number of aromatic nitrogens is 1. The third kappa shape index (κ3) is 4.49. The van der Waals surface area contributed by atoms with Gasteiger partial charge in [-0.05, 0) is 56.8 Å². The van der Waals surface area contributed by atoms with Gasteiger partial charge in [-0.15, -0.1) is 0 Å². The summed E-state index contributed by atoms with van der Waals surface area (Å²) < 4.78 is 0. The van der Waals surface area contributed by atoms with Crippen molar-refractivity contribution in [3.05, 3.63) is 84.3 Å². The zero-order valence-electron chi connectivity index (χ0n) is 20.7. The molecule has 1 aliphatic carbocycles. The minimum atomic E-state index is 0.466. The van der Waals surface area contributed by atoms with Gasteiger partial charge in [0.15, 0.2) is 0 Å². The number of benzene rings is 2. The molecule has 4 N–H and O–H groups in total. The average molecular weight is 479 g/mol. The highest BCUT2D eigenvalue weighted by Crippen LogP contribution is 2.35. The number of hydrogen-bond acceptors (Lipinski definition) is 6. The van der Waals surface area contributed by atoms with E-state index in [0.717, 1.165) is 46.0 Å². The Labute approximate surface area is 213 Å². The van der Waals surface area contributed by atoms with Crippen LogP contribution in [0, 0.1) is 5.92 Å². The van der Waals surface area contributed by atoms with Crippen molar-refractivity contribution in [1.82, 2.24) is 14.8 Å². The summed E-state index contributed by atoms with van der Waals surface area (Å²) in [5.74, 6) is 1.11. The van der Waals surface area contributed by atoms with E-state index in [2.05, 4.69) is 51.2 Å². The highest BCUT2D eigenvalue weighted by Gasteiger charge is 2.35. The number of hydrogen-bond donors (Lipinski definition) is 2. The molecule has 3 aliphatic rings. The van der Waals surface area contributed by atoms with Gasteiger partial charge < -0.3 is 21.3 Å². The lowest BCUT2D eigenvalue weighted by Gasteiger charge is -2.46. The molecule has 0 spiro atoms. The molecule has 1 saturated heterocycles. The number of fused-ring (bicyclic) bond motifs is 1. The molecule has 0 amide bonds. The van der Waals surface area contributed by atoms with Crippen LogP contribution in [0.1, 0.15) is 37.7 Å². The fourth-order valence-electron chi connectivity index (χ4n) is 5.82. The zero-order valence-corrected chi connectivity index (χ0v) is 20.7. The maximum absolute atomic E-state index is 6.78. The number of nitrogens with zero attached hydrogens (tertiary/aromatic N) is 4. The molecular weight excluding hydrogens is 444 g/mol. The number of amidine groups is 1. The lowest BCUT2D eigenvalue weighted by atomic mass is 9.78. The molecule has 0 unspecified atom stereocenters. The van der Waals surface area contributed by atoms with E-state index in [9.17, 15) is 0 Å². The molecule has 2 aromatic carbocycles. The van der Waals surface area contributed by atoms with Crippen LogP contribution >= 0.6 is 0 Å². The van der Waals surface area contributed by atoms with Gasteiger partial charge in [-0.25, -0.2) is 9.98 Å². The van der Waals surface area contributed by atoms with Crippen molar-refractivity contribution in [2.75, 3.05) is 19.6 Å². The van der Waals surface area contributed by atoms with Crippen LogP contribution in [-0.4, -0.2) is 46.3 Å². The van der Waals surface area contributed by atoms with E-state index in [1.807, 2.05) is 30.5 Å². The van der Waals surface area contributed by atoms with Crippen LogP contribution in [0.3, 0.4) is 0 Å². The minimum absolute atomic E-state index is 0.466. The summed E-state index contributed by atoms with van der Waals surface area (Å²) in [7, 11) is 0. The van der Waals surface area contributed by atoms with Crippen molar-refractivity contribution >= 4 is 22.4 Å². The second-order valence-electron chi connectivity index (χ2n) is 10.3.